The number of fused-ring (bicyclic) bond motifs is 1. The summed E-state index contributed by atoms with van der Waals surface area (Å²) in [6.45, 7) is 3.27. The molecule has 2 amide bonds. The molecule has 28 heavy (non-hydrogen) atoms. The summed E-state index contributed by atoms with van der Waals surface area (Å²) in [6.07, 6.45) is 4.91. The highest BCUT2D eigenvalue weighted by atomic mass is 32.2. The first-order valence-electron chi connectivity index (χ1n) is 10.00. The Morgan fingerprint density at radius 2 is 1.89 bits per heavy atom. The fourth-order valence-electron chi connectivity index (χ4n) is 4.50. The minimum atomic E-state index is -0.489. The van der Waals surface area contributed by atoms with Crippen LogP contribution in [0.3, 0.4) is 0 Å². The van der Waals surface area contributed by atoms with Gasteiger partial charge in [-0.1, -0.05) is 23.9 Å². The first-order chi connectivity index (χ1) is 13.6. The lowest BCUT2D eigenvalue weighted by Gasteiger charge is -2.45. The number of thioether (sulfide) groups is 1. The van der Waals surface area contributed by atoms with Crippen molar-refractivity contribution in [3.63, 3.8) is 0 Å². The van der Waals surface area contributed by atoms with Gasteiger partial charge in [-0.25, -0.2) is 4.98 Å². The van der Waals surface area contributed by atoms with E-state index in [1.54, 1.807) is 11.3 Å². The number of benzene rings is 1. The molecule has 2 aliphatic rings. The Morgan fingerprint density at radius 1 is 1.18 bits per heavy atom. The van der Waals surface area contributed by atoms with Gasteiger partial charge in [0.05, 0.1) is 29.1 Å². The summed E-state index contributed by atoms with van der Waals surface area (Å²) in [4.78, 5) is 32.9. The van der Waals surface area contributed by atoms with Gasteiger partial charge in [-0.2, -0.15) is 0 Å². The number of hydrogen-bond donors (Lipinski definition) is 2. The molecule has 2 aliphatic heterocycles. The second-order valence-electron chi connectivity index (χ2n) is 7.73. The number of amides is 2. The molecule has 0 aliphatic carbocycles. The number of primary amides is 1. The van der Waals surface area contributed by atoms with Gasteiger partial charge < -0.3 is 15.5 Å². The third kappa shape index (κ3) is 3.90. The second kappa shape index (κ2) is 8.39. The maximum atomic E-state index is 12.7. The molecule has 0 saturated carbocycles. The molecule has 0 unspecified atom stereocenters. The predicted octanol–water partition coefficient (Wildman–Crippen LogP) is 1.30. The van der Waals surface area contributed by atoms with E-state index in [4.69, 9.17) is 5.73 Å². The smallest absolute Gasteiger partial charge is 0.278 e. The monoisotopic (exact) mass is 419 g/mol. The van der Waals surface area contributed by atoms with Crippen LogP contribution in [0.4, 0.5) is 0 Å². The minimum absolute atomic E-state index is 0.121. The van der Waals surface area contributed by atoms with E-state index >= 15 is 0 Å². The molecule has 3 N–H and O–H groups in total. The van der Waals surface area contributed by atoms with Crippen LogP contribution in [0, 0.1) is 0 Å². The highest BCUT2D eigenvalue weighted by Crippen LogP contribution is 2.30. The zero-order chi connectivity index (χ0) is 19.6. The van der Waals surface area contributed by atoms with Gasteiger partial charge in [-0.05, 0) is 31.4 Å². The summed E-state index contributed by atoms with van der Waals surface area (Å²) >= 11 is 3.13. The number of hydrogen-bond acceptors (Lipinski definition) is 5. The average Bonchev–Trinajstić information content (AvgIpc) is 3.15. The van der Waals surface area contributed by atoms with E-state index < -0.39 is 5.54 Å². The molecule has 4 rings (SSSR count). The first kappa shape index (κ1) is 19.7. The van der Waals surface area contributed by atoms with E-state index in [0.29, 0.717) is 31.7 Å². The Kier molecular flexibility index (Phi) is 5.89. The van der Waals surface area contributed by atoms with E-state index in [-0.39, 0.29) is 11.8 Å². The quantitative estimate of drug-likeness (QED) is 0.716. The molecule has 8 heteroatoms. The predicted molar refractivity (Wildman–Crippen MR) is 113 cm³/mol. The van der Waals surface area contributed by atoms with Crippen molar-refractivity contribution in [3.05, 3.63) is 24.3 Å². The Labute approximate surface area is 173 Å². The Balaban J connectivity index is 1.34. The number of carbonyl (C=O) groups is 2. The highest BCUT2D eigenvalue weighted by Gasteiger charge is 2.49. The number of thiazole rings is 1. The highest BCUT2D eigenvalue weighted by molar-refractivity contribution is 8.01. The zero-order valence-electron chi connectivity index (χ0n) is 16.0. The van der Waals surface area contributed by atoms with Gasteiger partial charge in [0.15, 0.2) is 9.88 Å². The number of para-hydroxylation sites is 1. The second-order valence-corrected chi connectivity index (χ2v) is 9.98. The molecule has 2 aromatic rings. The number of rotatable bonds is 5. The summed E-state index contributed by atoms with van der Waals surface area (Å²) in [5, 5.41) is 0. The third-order valence-corrected chi connectivity index (χ3v) is 8.33. The van der Waals surface area contributed by atoms with Crippen LogP contribution in [-0.2, 0) is 9.59 Å². The molecule has 2 saturated heterocycles. The molecule has 1 aromatic carbocycles. The Morgan fingerprint density at radius 3 is 2.57 bits per heavy atom. The number of piperidine rings is 2. The molecule has 6 nitrogen and oxygen atoms in total. The lowest BCUT2D eigenvalue weighted by atomic mass is 9.83. The molecule has 0 spiro atoms. The molecule has 0 atom stereocenters. The zero-order valence-corrected chi connectivity index (χ0v) is 17.6. The summed E-state index contributed by atoms with van der Waals surface area (Å²) in [7, 11) is 0. The average molecular weight is 420 g/mol. The first-order valence-corrected chi connectivity index (χ1v) is 11.8. The van der Waals surface area contributed by atoms with Gasteiger partial charge in [0.25, 0.3) is 5.91 Å². The van der Waals surface area contributed by atoms with Crippen LogP contribution in [0.1, 0.15) is 32.1 Å². The van der Waals surface area contributed by atoms with Gasteiger partial charge in [-0.3, -0.25) is 9.59 Å². The van der Waals surface area contributed by atoms with Crippen LogP contribution in [-0.4, -0.2) is 59.2 Å². The van der Waals surface area contributed by atoms with Crippen molar-refractivity contribution in [1.29, 1.82) is 0 Å². The van der Waals surface area contributed by atoms with Crippen LogP contribution >= 0.6 is 23.1 Å². The number of quaternary nitrogens is 1. The lowest BCUT2D eigenvalue weighted by molar-refractivity contribution is -0.948. The molecule has 150 valence electrons. The minimum Gasteiger partial charge on any atom is -0.364 e. The SMILES string of the molecule is NC(=O)C1([NH+]2CCCCC2)CCN(C(=O)CSc2nc3ccccc3s2)CC1. The van der Waals surface area contributed by atoms with Gasteiger partial charge in [0.2, 0.25) is 5.91 Å². The fourth-order valence-corrected chi connectivity index (χ4v) is 6.47. The number of nitrogens with zero attached hydrogens (tertiary/aromatic N) is 2. The topological polar surface area (TPSA) is 80.7 Å². The number of aromatic nitrogens is 1. The van der Waals surface area contributed by atoms with Crippen LogP contribution in [0.25, 0.3) is 10.2 Å². The van der Waals surface area contributed by atoms with Crippen molar-refractivity contribution < 1.29 is 14.5 Å². The molecule has 2 fully saturated rings. The normalized spacial score (nSPS) is 20.4. The Hall–Kier alpha value is -1.64. The summed E-state index contributed by atoms with van der Waals surface area (Å²) in [5.41, 5.74) is 6.35. The third-order valence-electron chi connectivity index (χ3n) is 6.17. The Bertz CT molecular complexity index is 822. The van der Waals surface area contributed by atoms with E-state index in [1.165, 1.54) is 23.1 Å². The molecule has 0 radical (unpaired) electrons. The fraction of sp³-hybridized carbons (Fsp3) is 0.550. The van der Waals surface area contributed by atoms with Crippen LogP contribution in [0.5, 0.6) is 0 Å². The number of nitrogens with one attached hydrogen (secondary N) is 1. The van der Waals surface area contributed by atoms with Crippen molar-refractivity contribution in [2.45, 2.75) is 42.0 Å². The van der Waals surface area contributed by atoms with E-state index in [9.17, 15) is 9.59 Å². The van der Waals surface area contributed by atoms with Crippen molar-refractivity contribution >= 4 is 45.1 Å². The summed E-state index contributed by atoms with van der Waals surface area (Å²) < 4.78 is 2.07. The van der Waals surface area contributed by atoms with Gasteiger partial charge >= 0.3 is 0 Å². The molecule has 0 bridgehead atoms. The number of carbonyl (C=O) groups excluding carboxylic acids is 2. The molecule has 3 heterocycles. The largest absolute Gasteiger partial charge is 0.364 e. The van der Waals surface area contributed by atoms with Crippen LogP contribution < -0.4 is 10.6 Å². The summed E-state index contributed by atoms with van der Waals surface area (Å²) in [5.74, 6) is 0.316. The summed E-state index contributed by atoms with van der Waals surface area (Å²) in [6, 6.07) is 8.03. The van der Waals surface area contributed by atoms with Crippen molar-refractivity contribution in [1.82, 2.24) is 9.88 Å². The maximum absolute atomic E-state index is 12.7. The number of nitrogens with two attached hydrogens (primary N) is 1. The van der Waals surface area contributed by atoms with Gasteiger partial charge in [-0.15, -0.1) is 11.3 Å². The lowest BCUT2D eigenvalue weighted by Crippen LogP contribution is -3.22. The molecular formula is C20H27N4O2S2+. The van der Waals surface area contributed by atoms with Gasteiger partial charge in [0.1, 0.15) is 0 Å². The molecular weight excluding hydrogens is 392 g/mol. The number of likely N-dealkylation sites (tertiary alicyclic amines) is 2. The van der Waals surface area contributed by atoms with Crippen molar-refractivity contribution in [3.8, 4) is 0 Å². The maximum Gasteiger partial charge on any atom is 0.278 e. The van der Waals surface area contributed by atoms with Crippen LogP contribution in [0.2, 0.25) is 0 Å². The van der Waals surface area contributed by atoms with Crippen molar-refractivity contribution in [2.75, 3.05) is 31.9 Å². The van der Waals surface area contributed by atoms with E-state index in [2.05, 4.69) is 11.1 Å². The van der Waals surface area contributed by atoms with Gasteiger partial charge in [0, 0.05) is 25.9 Å². The molecule has 1 aromatic heterocycles. The standard InChI is InChI=1S/C20H26N4O2S2/c21-18(26)20(24-10-4-1-5-11-24)8-12-23(13-9-20)17(25)14-27-19-22-15-6-2-3-7-16(15)28-19/h2-3,6-7H,1,4-5,8-14H2,(H2,21,26)/p+1. The van der Waals surface area contributed by atoms with E-state index in [1.807, 2.05) is 23.1 Å². The van der Waals surface area contributed by atoms with Crippen LogP contribution in [0.15, 0.2) is 28.6 Å². The van der Waals surface area contributed by atoms with E-state index in [0.717, 1.165) is 40.5 Å². The van der Waals surface area contributed by atoms with Crippen molar-refractivity contribution in [2.24, 2.45) is 5.73 Å².